The molecule has 6 heteroatoms. The molecule has 2 amide bonds. The Morgan fingerprint density at radius 3 is 3.00 bits per heavy atom. The van der Waals surface area contributed by atoms with E-state index < -0.39 is 6.10 Å². The topological polar surface area (TPSA) is 74.2 Å². The van der Waals surface area contributed by atoms with Crippen LogP contribution in [0, 0.1) is 0 Å². The first-order valence-corrected chi connectivity index (χ1v) is 8.67. The number of aliphatic hydroxyl groups excluding tert-OH is 1. The van der Waals surface area contributed by atoms with Crippen molar-refractivity contribution in [3.05, 3.63) is 51.5 Å². The highest BCUT2D eigenvalue weighted by Crippen LogP contribution is 2.31. The number of hydrogen-bond donors (Lipinski definition) is 3. The molecule has 0 aliphatic heterocycles. The molecule has 0 saturated heterocycles. The molecule has 1 aliphatic rings. The number of carbonyl (C=O) groups is 1. The number of fused-ring (bicyclic) bond motifs is 1. The summed E-state index contributed by atoms with van der Waals surface area (Å²) in [7, 11) is 0. The number of carbonyl (C=O) groups excluding carboxylic acids is 1. The molecule has 3 atom stereocenters. The molecule has 3 unspecified atom stereocenters. The summed E-state index contributed by atoms with van der Waals surface area (Å²) >= 11 is 1.61. The molecule has 1 aromatic heterocycles. The quantitative estimate of drug-likeness (QED) is 0.806. The van der Waals surface area contributed by atoms with Crippen molar-refractivity contribution in [2.45, 2.75) is 44.9 Å². The minimum absolute atomic E-state index is 0.158. The first-order chi connectivity index (χ1) is 11.1. The van der Waals surface area contributed by atoms with Crippen LogP contribution in [0.2, 0.25) is 0 Å². The summed E-state index contributed by atoms with van der Waals surface area (Å²) in [6.07, 6.45) is 2.79. The summed E-state index contributed by atoms with van der Waals surface area (Å²) in [5.74, 6) is 0. The van der Waals surface area contributed by atoms with Crippen LogP contribution in [-0.2, 0) is 12.8 Å². The van der Waals surface area contributed by atoms with Gasteiger partial charge in [0, 0.05) is 17.5 Å². The lowest BCUT2D eigenvalue weighted by atomic mass is 10.1. The van der Waals surface area contributed by atoms with Gasteiger partial charge in [0.25, 0.3) is 0 Å². The number of thiazole rings is 1. The Hall–Kier alpha value is -1.92. The molecule has 122 valence electrons. The highest BCUT2D eigenvalue weighted by Gasteiger charge is 2.32. The smallest absolute Gasteiger partial charge is 0.315 e. The van der Waals surface area contributed by atoms with Crippen molar-refractivity contribution in [1.29, 1.82) is 0 Å². The second-order valence-corrected chi connectivity index (χ2v) is 6.95. The van der Waals surface area contributed by atoms with E-state index in [9.17, 15) is 9.90 Å². The minimum Gasteiger partial charge on any atom is -0.390 e. The van der Waals surface area contributed by atoms with Crippen molar-refractivity contribution < 1.29 is 9.90 Å². The first kappa shape index (κ1) is 16.0. The van der Waals surface area contributed by atoms with E-state index in [2.05, 4.69) is 22.5 Å². The van der Waals surface area contributed by atoms with Gasteiger partial charge in [-0.1, -0.05) is 31.2 Å². The van der Waals surface area contributed by atoms with Crippen LogP contribution in [0.1, 0.15) is 46.9 Å². The van der Waals surface area contributed by atoms with Crippen LogP contribution in [0.25, 0.3) is 0 Å². The number of urea groups is 1. The Balaban J connectivity index is 1.63. The SMILES string of the molecule is CCc1cnc(C(C)NC(=O)NC2c3ccccc3CC2O)s1. The fraction of sp³-hybridized carbons (Fsp3) is 0.412. The van der Waals surface area contributed by atoms with Gasteiger partial charge < -0.3 is 15.7 Å². The molecule has 1 aliphatic carbocycles. The molecule has 0 bridgehead atoms. The van der Waals surface area contributed by atoms with Crippen LogP contribution in [0.15, 0.2) is 30.5 Å². The zero-order chi connectivity index (χ0) is 16.4. The van der Waals surface area contributed by atoms with Crippen LogP contribution in [0.4, 0.5) is 4.79 Å². The molecule has 2 aromatic rings. The molecular weight excluding hydrogens is 310 g/mol. The molecule has 0 spiro atoms. The zero-order valence-electron chi connectivity index (χ0n) is 13.2. The number of nitrogens with one attached hydrogen (secondary N) is 2. The lowest BCUT2D eigenvalue weighted by Crippen LogP contribution is -2.41. The Morgan fingerprint density at radius 1 is 1.48 bits per heavy atom. The predicted octanol–water partition coefficient (Wildman–Crippen LogP) is 2.72. The standard InChI is InChI=1S/C17H21N3O2S/c1-3-12-9-18-16(23-12)10(2)19-17(22)20-15-13-7-5-4-6-11(13)8-14(15)21/h4-7,9-10,14-15,21H,3,8H2,1-2H3,(H2,19,20,22). The fourth-order valence-electron chi connectivity index (χ4n) is 2.88. The van der Waals surface area contributed by atoms with Gasteiger partial charge in [-0.05, 0) is 24.5 Å². The third-order valence-corrected chi connectivity index (χ3v) is 5.45. The lowest BCUT2D eigenvalue weighted by Gasteiger charge is -2.20. The molecule has 0 saturated carbocycles. The van der Waals surface area contributed by atoms with Gasteiger partial charge in [-0.25, -0.2) is 9.78 Å². The van der Waals surface area contributed by atoms with Crippen molar-refractivity contribution in [3.8, 4) is 0 Å². The maximum atomic E-state index is 12.3. The molecule has 1 aromatic carbocycles. The summed E-state index contributed by atoms with van der Waals surface area (Å²) in [6.45, 7) is 4.00. The lowest BCUT2D eigenvalue weighted by molar-refractivity contribution is 0.142. The fourth-order valence-corrected chi connectivity index (χ4v) is 3.73. The highest BCUT2D eigenvalue weighted by atomic mass is 32.1. The van der Waals surface area contributed by atoms with E-state index >= 15 is 0 Å². The van der Waals surface area contributed by atoms with Crippen LogP contribution >= 0.6 is 11.3 Å². The van der Waals surface area contributed by atoms with E-state index in [4.69, 9.17) is 0 Å². The van der Waals surface area contributed by atoms with Gasteiger partial charge in [0.15, 0.2) is 0 Å². The van der Waals surface area contributed by atoms with Gasteiger partial charge in [0.1, 0.15) is 5.01 Å². The second kappa shape index (κ2) is 6.68. The molecule has 0 fully saturated rings. The summed E-state index contributed by atoms with van der Waals surface area (Å²) < 4.78 is 0. The van der Waals surface area contributed by atoms with E-state index in [0.717, 1.165) is 22.6 Å². The Kier molecular flexibility index (Phi) is 4.63. The Bertz CT molecular complexity index is 701. The van der Waals surface area contributed by atoms with Crippen LogP contribution in [-0.4, -0.2) is 22.2 Å². The van der Waals surface area contributed by atoms with Crippen LogP contribution in [0.5, 0.6) is 0 Å². The number of aryl methyl sites for hydroxylation is 1. The van der Waals surface area contributed by atoms with Crippen molar-refractivity contribution in [3.63, 3.8) is 0 Å². The molecule has 0 radical (unpaired) electrons. The third kappa shape index (κ3) is 3.38. The molecule has 5 nitrogen and oxygen atoms in total. The van der Waals surface area contributed by atoms with Crippen molar-refractivity contribution in [2.24, 2.45) is 0 Å². The second-order valence-electron chi connectivity index (χ2n) is 5.81. The summed E-state index contributed by atoms with van der Waals surface area (Å²) in [4.78, 5) is 17.8. The van der Waals surface area contributed by atoms with E-state index in [0.29, 0.717) is 6.42 Å². The van der Waals surface area contributed by atoms with Gasteiger partial charge in [0.2, 0.25) is 0 Å². The molecule has 3 N–H and O–H groups in total. The van der Waals surface area contributed by atoms with Crippen LogP contribution in [0.3, 0.4) is 0 Å². The predicted molar refractivity (Wildman–Crippen MR) is 90.5 cm³/mol. The van der Waals surface area contributed by atoms with Crippen molar-refractivity contribution in [2.75, 3.05) is 0 Å². The summed E-state index contributed by atoms with van der Waals surface area (Å²) in [5.41, 5.74) is 2.08. The van der Waals surface area contributed by atoms with Gasteiger partial charge >= 0.3 is 6.03 Å². The van der Waals surface area contributed by atoms with E-state index in [1.165, 1.54) is 4.88 Å². The van der Waals surface area contributed by atoms with Crippen molar-refractivity contribution >= 4 is 17.4 Å². The van der Waals surface area contributed by atoms with Gasteiger partial charge in [-0.15, -0.1) is 11.3 Å². The third-order valence-electron chi connectivity index (χ3n) is 4.13. The van der Waals surface area contributed by atoms with Gasteiger partial charge in [-0.2, -0.15) is 0 Å². The Morgan fingerprint density at radius 2 is 2.26 bits per heavy atom. The molecule has 3 rings (SSSR count). The molecule has 23 heavy (non-hydrogen) atoms. The molecular formula is C17H21N3O2S. The maximum absolute atomic E-state index is 12.3. The molecule has 1 heterocycles. The zero-order valence-corrected chi connectivity index (χ0v) is 14.1. The maximum Gasteiger partial charge on any atom is 0.315 e. The average molecular weight is 331 g/mol. The first-order valence-electron chi connectivity index (χ1n) is 7.86. The average Bonchev–Trinajstić information content (AvgIpc) is 3.13. The monoisotopic (exact) mass is 331 g/mol. The number of amides is 2. The number of rotatable bonds is 4. The van der Waals surface area contributed by atoms with E-state index in [1.807, 2.05) is 37.4 Å². The van der Waals surface area contributed by atoms with E-state index in [-0.39, 0.29) is 18.1 Å². The number of aliphatic hydroxyl groups is 1. The van der Waals surface area contributed by atoms with Crippen LogP contribution < -0.4 is 10.6 Å². The normalized spacial score (nSPS) is 20.8. The largest absolute Gasteiger partial charge is 0.390 e. The van der Waals surface area contributed by atoms with Gasteiger partial charge in [0.05, 0.1) is 18.2 Å². The van der Waals surface area contributed by atoms with Gasteiger partial charge in [-0.3, -0.25) is 0 Å². The minimum atomic E-state index is -0.583. The summed E-state index contributed by atoms with van der Waals surface area (Å²) in [6, 6.07) is 7.01. The number of hydrogen-bond acceptors (Lipinski definition) is 4. The number of benzene rings is 1. The Labute approximate surface area is 139 Å². The number of aromatic nitrogens is 1. The van der Waals surface area contributed by atoms with E-state index in [1.54, 1.807) is 11.3 Å². The van der Waals surface area contributed by atoms with Crippen molar-refractivity contribution in [1.82, 2.24) is 15.6 Å². The summed E-state index contributed by atoms with van der Waals surface area (Å²) in [5, 5.41) is 16.9. The highest BCUT2D eigenvalue weighted by molar-refractivity contribution is 7.11. The number of nitrogens with zero attached hydrogens (tertiary/aromatic N) is 1.